The fraction of sp³-hybridized carbons (Fsp3) is 0.643. The summed E-state index contributed by atoms with van der Waals surface area (Å²) in [6.07, 6.45) is 4.14. The average Bonchev–Trinajstić information content (AvgIpc) is 3.55. The maximum Gasteiger partial charge on any atom is 0.407 e. The number of carbonyl (C=O) groups excluding carboxylic acids is 7. The van der Waals surface area contributed by atoms with Gasteiger partial charge in [0.25, 0.3) is 11.8 Å². The van der Waals surface area contributed by atoms with Crippen molar-refractivity contribution in [2.75, 3.05) is 91.0 Å². The Morgan fingerprint density at radius 3 is 1.89 bits per heavy atom. The molecule has 61 heavy (non-hydrogen) atoms. The van der Waals surface area contributed by atoms with Crippen molar-refractivity contribution >= 4 is 47.2 Å². The zero-order valence-electron chi connectivity index (χ0n) is 35.9. The SMILES string of the molecule is CCOCCOCCOCCOCCOCCNC(=O)OCc1ccc(NC(=O)[C@H](CCCNC(N)=O)CC(=O)[C@@H](NC(=O)CCCCCN2C(=O)C=CC2=O)C(C)C)cc1. The summed E-state index contributed by atoms with van der Waals surface area (Å²) in [7, 11) is 0. The second kappa shape index (κ2) is 31.9. The Bertz CT molecular complexity index is 1510. The Kier molecular flexibility index (Phi) is 27.3. The minimum Gasteiger partial charge on any atom is -0.445 e. The Balaban J connectivity index is 1.72. The minimum absolute atomic E-state index is 0.0130. The number of amides is 7. The van der Waals surface area contributed by atoms with Crippen LogP contribution in [0.25, 0.3) is 0 Å². The first-order valence-corrected chi connectivity index (χ1v) is 21.0. The van der Waals surface area contributed by atoms with Gasteiger partial charge in [-0.05, 0) is 56.2 Å². The van der Waals surface area contributed by atoms with Crippen molar-refractivity contribution in [3.63, 3.8) is 0 Å². The average molecular weight is 863 g/mol. The molecule has 19 nitrogen and oxygen atoms in total. The molecule has 2 rings (SSSR count). The Morgan fingerprint density at radius 2 is 1.31 bits per heavy atom. The van der Waals surface area contributed by atoms with Crippen molar-refractivity contribution < 1.29 is 62.0 Å². The summed E-state index contributed by atoms with van der Waals surface area (Å²) in [5.74, 6) is -2.75. The molecule has 1 aliphatic heterocycles. The van der Waals surface area contributed by atoms with Gasteiger partial charge in [0.1, 0.15) is 6.61 Å². The van der Waals surface area contributed by atoms with Crippen LogP contribution in [-0.4, -0.2) is 138 Å². The molecule has 0 unspecified atom stereocenters. The number of nitrogens with zero attached hydrogens (tertiary/aromatic N) is 1. The number of ketones is 1. The third kappa shape index (κ3) is 24.2. The molecule has 0 aromatic heterocycles. The van der Waals surface area contributed by atoms with Crippen LogP contribution in [0.4, 0.5) is 15.3 Å². The maximum atomic E-state index is 13.6. The van der Waals surface area contributed by atoms with E-state index in [9.17, 15) is 33.6 Å². The highest BCUT2D eigenvalue weighted by atomic mass is 16.6. The van der Waals surface area contributed by atoms with Gasteiger partial charge in [0, 0.05) is 62.8 Å². The van der Waals surface area contributed by atoms with Crippen molar-refractivity contribution in [3.8, 4) is 0 Å². The Labute approximate surface area is 358 Å². The number of carbonyl (C=O) groups is 7. The number of alkyl carbamates (subject to hydrolysis) is 1. The zero-order chi connectivity index (χ0) is 44.7. The third-order valence-electron chi connectivity index (χ3n) is 9.16. The molecule has 6 N–H and O–H groups in total. The summed E-state index contributed by atoms with van der Waals surface area (Å²) in [5.41, 5.74) is 6.32. The lowest BCUT2D eigenvalue weighted by Gasteiger charge is -2.24. The van der Waals surface area contributed by atoms with E-state index in [4.69, 9.17) is 34.2 Å². The van der Waals surface area contributed by atoms with E-state index in [0.29, 0.717) is 96.4 Å². The van der Waals surface area contributed by atoms with Crippen molar-refractivity contribution in [2.24, 2.45) is 17.6 Å². The van der Waals surface area contributed by atoms with Crippen LogP contribution >= 0.6 is 0 Å². The molecule has 0 aliphatic carbocycles. The second-order valence-electron chi connectivity index (χ2n) is 14.4. The molecule has 0 saturated heterocycles. The lowest BCUT2D eigenvalue weighted by atomic mass is 9.89. The van der Waals surface area contributed by atoms with Gasteiger partial charge in [0.15, 0.2) is 5.78 Å². The van der Waals surface area contributed by atoms with Crippen LogP contribution in [0, 0.1) is 11.8 Å². The quantitative estimate of drug-likeness (QED) is 0.0487. The highest BCUT2D eigenvalue weighted by Gasteiger charge is 2.29. The molecule has 1 aromatic rings. The van der Waals surface area contributed by atoms with Gasteiger partial charge in [0.2, 0.25) is 11.8 Å². The van der Waals surface area contributed by atoms with Gasteiger partial charge < -0.3 is 55.4 Å². The Morgan fingerprint density at radius 1 is 0.721 bits per heavy atom. The van der Waals surface area contributed by atoms with Gasteiger partial charge in [0.05, 0.1) is 65.5 Å². The first-order valence-electron chi connectivity index (χ1n) is 21.0. The van der Waals surface area contributed by atoms with Crippen molar-refractivity contribution in [2.45, 2.75) is 78.4 Å². The molecular weight excluding hydrogens is 796 g/mol. The molecule has 342 valence electrons. The minimum atomic E-state index is -0.828. The van der Waals surface area contributed by atoms with Gasteiger partial charge in [-0.2, -0.15) is 0 Å². The number of hydrogen-bond donors (Lipinski definition) is 5. The van der Waals surface area contributed by atoms with Gasteiger partial charge in [-0.25, -0.2) is 9.59 Å². The summed E-state index contributed by atoms with van der Waals surface area (Å²) in [5, 5.41) is 10.8. The molecule has 2 atom stereocenters. The van der Waals surface area contributed by atoms with Crippen LogP contribution < -0.4 is 27.0 Å². The fourth-order valence-corrected chi connectivity index (χ4v) is 5.88. The molecule has 0 fully saturated rings. The summed E-state index contributed by atoms with van der Waals surface area (Å²) in [6, 6.07) is 5.16. The first-order chi connectivity index (χ1) is 29.4. The van der Waals surface area contributed by atoms with Gasteiger partial charge in [-0.3, -0.25) is 28.9 Å². The van der Waals surface area contributed by atoms with Crippen LogP contribution in [0.2, 0.25) is 0 Å². The van der Waals surface area contributed by atoms with Crippen molar-refractivity contribution in [3.05, 3.63) is 42.0 Å². The van der Waals surface area contributed by atoms with Crippen LogP contribution in [0.1, 0.15) is 71.3 Å². The number of ether oxygens (including phenoxy) is 6. The topological polar surface area (TPSA) is 252 Å². The second-order valence-corrected chi connectivity index (χ2v) is 14.4. The number of rotatable bonds is 35. The Hall–Kier alpha value is -4.95. The molecule has 0 bridgehead atoms. The molecule has 0 saturated carbocycles. The molecule has 1 heterocycles. The number of urea groups is 1. The van der Waals surface area contributed by atoms with Crippen molar-refractivity contribution in [1.82, 2.24) is 20.9 Å². The predicted molar refractivity (Wildman–Crippen MR) is 224 cm³/mol. The van der Waals surface area contributed by atoms with E-state index < -0.39 is 30.0 Å². The van der Waals surface area contributed by atoms with Crippen LogP contribution in [0.15, 0.2) is 36.4 Å². The summed E-state index contributed by atoms with van der Waals surface area (Å²) in [6.45, 7) is 10.9. The number of benzene rings is 1. The molecule has 0 radical (unpaired) electrons. The van der Waals surface area contributed by atoms with Crippen LogP contribution in [0.3, 0.4) is 0 Å². The van der Waals surface area contributed by atoms with Gasteiger partial charge in [-0.1, -0.05) is 32.4 Å². The monoisotopic (exact) mass is 862 g/mol. The predicted octanol–water partition coefficient (Wildman–Crippen LogP) is 2.60. The van der Waals surface area contributed by atoms with Gasteiger partial charge in [-0.15, -0.1) is 0 Å². The van der Waals surface area contributed by atoms with E-state index in [1.165, 1.54) is 12.2 Å². The number of hydrogen-bond acceptors (Lipinski definition) is 13. The van der Waals surface area contributed by atoms with E-state index in [1.807, 2.05) is 6.92 Å². The number of imide groups is 1. The lowest BCUT2D eigenvalue weighted by molar-refractivity contribution is -0.137. The van der Waals surface area contributed by atoms with Gasteiger partial charge >= 0.3 is 12.1 Å². The number of primary amides is 1. The molecule has 0 spiro atoms. The number of anilines is 1. The van der Waals surface area contributed by atoms with E-state index in [-0.39, 0.29) is 81.5 Å². The normalized spacial score (nSPS) is 13.3. The number of Topliss-reactive ketones (excluding diaryl/α,β-unsaturated/α-hetero) is 1. The van der Waals surface area contributed by atoms with Crippen molar-refractivity contribution in [1.29, 1.82) is 0 Å². The van der Waals surface area contributed by atoms with E-state index in [2.05, 4.69) is 21.3 Å². The van der Waals surface area contributed by atoms with Crippen LogP contribution in [-0.2, 0) is 59.0 Å². The highest BCUT2D eigenvalue weighted by molar-refractivity contribution is 6.12. The maximum absolute atomic E-state index is 13.6. The molecule has 1 aliphatic rings. The lowest BCUT2D eigenvalue weighted by Crippen LogP contribution is -2.45. The first kappa shape index (κ1) is 52.2. The summed E-state index contributed by atoms with van der Waals surface area (Å²) >= 11 is 0. The summed E-state index contributed by atoms with van der Waals surface area (Å²) in [4.78, 5) is 87.8. The number of unbranched alkanes of at least 4 members (excludes halogenated alkanes) is 2. The fourth-order valence-electron chi connectivity index (χ4n) is 5.88. The molecule has 1 aromatic carbocycles. The smallest absolute Gasteiger partial charge is 0.407 e. The van der Waals surface area contributed by atoms with E-state index in [1.54, 1.807) is 38.1 Å². The van der Waals surface area contributed by atoms with E-state index in [0.717, 1.165) is 4.90 Å². The molecule has 7 amide bonds. The summed E-state index contributed by atoms with van der Waals surface area (Å²) < 4.78 is 32.1. The zero-order valence-corrected chi connectivity index (χ0v) is 35.9. The molecular formula is C42H66N6O13. The standard InChI is InChI=1S/C42H66N6O13/c1-4-56-21-22-58-25-26-60-28-27-59-24-23-57-20-18-45-42(55)61-30-32-11-13-34(14-12-32)46-40(53)33(9-8-17-44-41(43)54)29-35(49)39(31(2)3)47-36(50)10-6-5-7-19-48-37(51)15-16-38(48)52/h11-16,31,33,39H,4-10,17-30H2,1-3H3,(H,45,55)(H,46,53)(H,47,50)(H3,43,44,54)/t33-,39+/m1/s1. The molecule has 19 heteroatoms. The number of nitrogens with one attached hydrogen (secondary N) is 4. The highest BCUT2D eigenvalue weighted by Crippen LogP contribution is 2.20. The number of nitrogens with two attached hydrogens (primary N) is 1. The van der Waals surface area contributed by atoms with Crippen LogP contribution in [0.5, 0.6) is 0 Å². The third-order valence-corrected chi connectivity index (χ3v) is 9.16. The van der Waals surface area contributed by atoms with E-state index >= 15 is 0 Å². The largest absolute Gasteiger partial charge is 0.445 e.